The molecule has 1 N–H and O–H groups in total. The summed E-state index contributed by atoms with van der Waals surface area (Å²) in [7, 11) is 1.76. The van der Waals surface area contributed by atoms with Crippen LogP contribution in [-0.2, 0) is 7.05 Å². The summed E-state index contributed by atoms with van der Waals surface area (Å²) in [4.78, 5) is 20.4. The second-order valence-electron chi connectivity index (χ2n) is 4.14. The molecule has 3 heterocycles. The van der Waals surface area contributed by atoms with Gasteiger partial charge in [-0.25, -0.2) is 4.98 Å². The van der Waals surface area contributed by atoms with Crippen LogP contribution in [0.4, 0.5) is 5.13 Å². The van der Waals surface area contributed by atoms with E-state index in [0.29, 0.717) is 10.7 Å². The van der Waals surface area contributed by atoms with Crippen molar-refractivity contribution in [2.24, 2.45) is 7.05 Å². The molecule has 0 radical (unpaired) electrons. The Balaban J connectivity index is 1.76. The Morgan fingerprint density at radius 2 is 2.30 bits per heavy atom. The second-order valence-corrected chi connectivity index (χ2v) is 4.99. The van der Waals surface area contributed by atoms with E-state index in [0.717, 1.165) is 11.3 Å². The fourth-order valence-corrected chi connectivity index (χ4v) is 2.40. The lowest BCUT2D eigenvalue weighted by Crippen LogP contribution is -2.10. The fourth-order valence-electron chi connectivity index (χ4n) is 1.69. The van der Waals surface area contributed by atoms with Crippen LogP contribution in [0.25, 0.3) is 11.3 Å². The molecule has 3 aromatic rings. The Morgan fingerprint density at radius 1 is 1.40 bits per heavy atom. The van der Waals surface area contributed by atoms with Crippen LogP contribution in [0.2, 0.25) is 0 Å². The number of aromatic nitrogens is 4. The highest BCUT2D eigenvalue weighted by molar-refractivity contribution is 7.14. The SMILES string of the molecule is Cn1cc(C(=O)Nc2nc(-c3cccnc3)cs2)cn1. The predicted octanol–water partition coefficient (Wildman–Crippen LogP) is 2.19. The molecule has 20 heavy (non-hydrogen) atoms. The summed E-state index contributed by atoms with van der Waals surface area (Å²) < 4.78 is 1.58. The number of carbonyl (C=O) groups is 1. The maximum Gasteiger partial charge on any atom is 0.260 e. The van der Waals surface area contributed by atoms with E-state index < -0.39 is 0 Å². The van der Waals surface area contributed by atoms with Gasteiger partial charge in [0.25, 0.3) is 5.91 Å². The molecule has 7 heteroatoms. The van der Waals surface area contributed by atoms with Crippen molar-refractivity contribution < 1.29 is 4.79 Å². The summed E-state index contributed by atoms with van der Waals surface area (Å²) in [5, 5.41) is 9.16. The van der Waals surface area contributed by atoms with Gasteiger partial charge in [0, 0.05) is 36.6 Å². The Kier molecular flexibility index (Phi) is 3.26. The van der Waals surface area contributed by atoms with Gasteiger partial charge >= 0.3 is 0 Å². The van der Waals surface area contributed by atoms with Crippen molar-refractivity contribution in [1.29, 1.82) is 0 Å². The number of nitrogens with zero attached hydrogens (tertiary/aromatic N) is 4. The van der Waals surface area contributed by atoms with Gasteiger partial charge in [-0.2, -0.15) is 5.10 Å². The van der Waals surface area contributed by atoms with Gasteiger partial charge in [0.15, 0.2) is 5.13 Å². The van der Waals surface area contributed by atoms with E-state index in [1.807, 2.05) is 17.5 Å². The van der Waals surface area contributed by atoms with Crippen LogP contribution in [0, 0.1) is 0 Å². The molecular weight excluding hydrogens is 274 g/mol. The first kappa shape index (κ1) is 12.5. The Bertz CT molecular complexity index is 734. The van der Waals surface area contributed by atoms with Gasteiger partial charge < -0.3 is 0 Å². The van der Waals surface area contributed by atoms with Crippen molar-refractivity contribution in [3.05, 3.63) is 47.9 Å². The molecule has 0 atom stereocenters. The first-order valence-electron chi connectivity index (χ1n) is 5.88. The van der Waals surface area contributed by atoms with Gasteiger partial charge in [-0.3, -0.25) is 19.8 Å². The van der Waals surface area contributed by atoms with E-state index in [4.69, 9.17) is 0 Å². The number of rotatable bonds is 3. The van der Waals surface area contributed by atoms with E-state index in [1.165, 1.54) is 17.5 Å². The summed E-state index contributed by atoms with van der Waals surface area (Å²) in [6, 6.07) is 3.78. The normalized spacial score (nSPS) is 10.4. The third-order valence-electron chi connectivity index (χ3n) is 2.65. The second kappa shape index (κ2) is 5.22. The van der Waals surface area contributed by atoms with E-state index >= 15 is 0 Å². The summed E-state index contributed by atoms with van der Waals surface area (Å²) in [5.41, 5.74) is 2.22. The lowest BCUT2D eigenvalue weighted by molar-refractivity contribution is 0.102. The Morgan fingerprint density at radius 3 is 3.00 bits per heavy atom. The molecule has 1 amide bonds. The van der Waals surface area contributed by atoms with Gasteiger partial charge in [0.2, 0.25) is 0 Å². The number of carbonyl (C=O) groups excluding carboxylic acids is 1. The monoisotopic (exact) mass is 285 g/mol. The van der Waals surface area contributed by atoms with Gasteiger partial charge in [0.1, 0.15) is 0 Å². The largest absolute Gasteiger partial charge is 0.298 e. The zero-order valence-corrected chi connectivity index (χ0v) is 11.5. The maximum atomic E-state index is 12.0. The molecule has 0 aliphatic carbocycles. The number of anilines is 1. The molecule has 0 aromatic carbocycles. The molecule has 3 aromatic heterocycles. The molecular formula is C13H11N5OS. The zero-order valence-electron chi connectivity index (χ0n) is 10.6. The summed E-state index contributed by atoms with van der Waals surface area (Å²) >= 11 is 1.38. The van der Waals surface area contributed by atoms with Crippen LogP contribution in [0.5, 0.6) is 0 Å². The quantitative estimate of drug-likeness (QED) is 0.800. The fraction of sp³-hybridized carbons (Fsp3) is 0.0769. The average Bonchev–Trinajstić information content (AvgIpc) is 3.09. The van der Waals surface area contributed by atoms with E-state index in [9.17, 15) is 4.79 Å². The number of nitrogens with one attached hydrogen (secondary N) is 1. The number of thiazole rings is 1. The molecule has 0 unspecified atom stereocenters. The van der Waals surface area contributed by atoms with Gasteiger partial charge in [0.05, 0.1) is 17.5 Å². The van der Waals surface area contributed by atoms with Crippen LogP contribution in [0.1, 0.15) is 10.4 Å². The van der Waals surface area contributed by atoms with Crippen molar-refractivity contribution in [2.75, 3.05) is 5.32 Å². The predicted molar refractivity (Wildman–Crippen MR) is 76.5 cm³/mol. The highest BCUT2D eigenvalue weighted by atomic mass is 32.1. The summed E-state index contributed by atoms with van der Waals surface area (Å²) in [5.74, 6) is -0.217. The van der Waals surface area contributed by atoms with Gasteiger partial charge in [-0.15, -0.1) is 11.3 Å². The zero-order chi connectivity index (χ0) is 13.9. The summed E-state index contributed by atoms with van der Waals surface area (Å²) in [6.07, 6.45) is 6.62. The molecule has 100 valence electrons. The molecule has 0 aliphatic rings. The Labute approximate surface area is 119 Å². The average molecular weight is 285 g/mol. The third kappa shape index (κ3) is 2.57. The minimum atomic E-state index is -0.217. The molecule has 0 spiro atoms. The number of hydrogen-bond acceptors (Lipinski definition) is 5. The lowest BCUT2D eigenvalue weighted by atomic mass is 10.2. The highest BCUT2D eigenvalue weighted by Crippen LogP contribution is 2.24. The molecule has 6 nitrogen and oxygen atoms in total. The maximum absolute atomic E-state index is 12.0. The summed E-state index contributed by atoms with van der Waals surface area (Å²) in [6.45, 7) is 0. The minimum absolute atomic E-state index is 0.217. The van der Waals surface area contributed by atoms with Crippen molar-refractivity contribution in [3.8, 4) is 11.3 Å². The first-order valence-corrected chi connectivity index (χ1v) is 6.76. The van der Waals surface area contributed by atoms with E-state index in [1.54, 1.807) is 30.3 Å². The number of hydrogen-bond donors (Lipinski definition) is 1. The Hall–Kier alpha value is -2.54. The lowest BCUT2D eigenvalue weighted by Gasteiger charge is -1.98. The first-order chi connectivity index (χ1) is 9.72. The molecule has 0 aliphatic heterocycles. The van der Waals surface area contributed by atoms with Crippen LogP contribution in [-0.4, -0.2) is 25.7 Å². The van der Waals surface area contributed by atoms with Crippen molar-refractivity contribution >= 4 is 22.4 Å². The van der Waals surface area contributed by atoms with Gasteiger partial charge in [-0.05, 0) is 12.1 Å². The molecule has 0 bridgehead atoms. The van der Waals surface area contributed by atoms with Crippen LogP contribution < -0.4 is 5.32 Å². The molecule has 0 saturated carbocycles. The highest BCUT2D eigenvalue weighted by Gasteiger charge is 2.11. The topological polar surface area (TPSA) is 72.7 Å². The van der Waals surface area contributed by atoms with E-state index in [-0.39, 0.29) is 5.91 Å². The van der Waals surface area contributed by atoms with Crippen LogP contribution in [0.15, 0.2) is 42.3 Å². The van der Waals surface area contributed by atoms with Crippen molar-refractivity contribution in [3.63, 3.8) is 0 Å². The van der Waals surface area contributed by atoms with Crippen molar-refractivity contribution in [1.82, 2.24) is 19.7 Å². The molecule has 0 fully saturated rings. The number of amides is 1. The van der Waals surface area contributed by atoms with Gasteiger partial charge in [-0.1, -0.05) is 0 Å². The van der Waals surface area contributed by atoms with Crippen LogP contribution in [0.3, 0.4) is 0 Å². The third-order valence-corrected chi connectivity index (χ3v) is 3.41. The number of aryl methyl sites for hydroxylation is 1. The van der Waals surface area contributed by atoms with Crippen molar-refractivity contribution in [2.45, 2.75) is 0 Å². The van der Waals surface area contributed by atoms with Crippen LogP contribution >= 0.6 is 11.3 Å². The molecule has 3 rings (SSSR count). The standard InChI is InChI=1S/C13H11N5OS/c1-18-7-10(6-15-18)12(19)17-13-16-11(8-20-13)9-3-2-4-14-5-9/h2-8H,1H3,(H,16,17,19). The number of pyridine rings is 1. The smallest absolute Gasteiger partial charge is 0.260 e. The molecule has 0 saturated heterocycles. The minimum Gasteiger partial charge on any atom is -0.298 e. The van der Waals surface area contributed by atoms with E-state index in [2.05, 4.69) is 20.4 Å².